The number of carbonyl (C=O) groups excluding carboxylic acids is 1. The lowest BCUT2D eigenvalue weighted by Gasteiger charge is -2.23. The van der Waals surface area contributed by atoms with Crippen molar-refractivity contribution < 1.29 is 14.1 Å². The molecule has 1 amide bonds. The molecule has 0 radical (unpaired) electrons. The summed E-state index contributed by atoms with van der Waals surface area (Å²) >= 11 is 0. The Labute approximate surface area is 176 Å². The van der Waals surface area contributed by atoms with Crippen molar-refractivity contribution in [2.75, 3.05) is 26.2 Å². The number of piperidine rings is 1. The number of quaternary nitrogens is 1. The molecule has 1 aliphatic heterocycles. The first-order valence-corrected chi connectivity index (χ1v) is 10.6. The molecule has 1 fully saturated rings. The quantitative estimate of drug-likeness (QED) is 0.660. The number of hydrogen-bond acceptors (Lipinski definition) is 2. The summed E-state index contributed by atoms with van der Waals surface area (Å²) < 4.78 is 15.0. The average Bonchev–Trinajstić information content (AvgIpc) is 3.21. The molecule has 1 aromatic heterocycles. The van der Waals surface area contributed by atoms with Gasteiger partial charge in [-0.1, -0.05) is 12.1 Å². The van der Waals surface area contributed by atoms with E-state index in [4.69, 9.17) is 0 Å². The maximum absolute atomic E-state index is 13.3. The lowest BCUT2D eigenvalue weighted by atomic mass is 10.1. The van der Waals surface area contributed by atoms with Crippen LogP contribution in [0.25, 0.3) is 16.9 Å². The first-order chi connectivity index (χ1) is 14.6. The highest BCUT2D eigenvalue weighted by Crippen LogP contribution is 2.22. The van der Waals surface area contributed by atoms with Gasteiger partial charge in [0.15, 0.2) is 0 Å². The van der Waals surface area contributed by atoms with Gasteiger partial charge in [-0.15, -0.1) is 0 Å². The molecule has 1 aliphatic rings. The third-order valence-electron chi connectivity index (χ3n) is 5.65. The van der Waals surface area contributed by atoms with Crippen molar-refractivity contribution in [3.8, 4) is 16.9 Å². The Morgan fingerprint density at radius 3 is 2.60 bits per heavy atom. The second-order valence-corrected chi connectivity index (χ2v) is 7.99. The Morgan fingerprint density at radius 1 is 1.10 bits per heavy atom. The zero-order valence-corrected chi connectivity index (χ0v) is 17.3. The molecular formula is C24H28FN4O+. The van der Waals surface area contributed by atoms with Crippen molar-refractivity contribution in [2.45, 2.75) is 26.2 Å². The molecule has 30 heavy (non-hydrogen) atoms. The van der Waals surface area contributed by atoms with E-state index in [2.05, 4.69) is 10.4 Å². The van der Waals surface area contributed by atoms with E-state index in [0.29, 0.717) is 17.9 Å². The van der Waals surface area contributed by atoms with Crippen LogP contribution in [0.1, 0.15) is 35.3 Å². The Morgan fingerprint density at radius 2 is 1.87 bits per heavy atom. The number of halogens is 1. The van der Waals surface area contributed by atoms with Gasteiger partial charge in [0.2, 0.25) is 0 Å². The third-order valence-corrected chi connectivity index (χ3v) is 5.65. The fourth-order valence-corrected chi connectivity index (χ4v) is 4.01. The highest BCUT2D eigenvalue weighted by molar-refractivity contribution is 5.94. The number of rotatable bonds is 6. The maximum Gasteiger partial charge on any atom is 0.270 e. The zero-order valence-electron chi connectivity index (χ0n) is 17.3. The fourth-order valence-electron chi connectivity index (χ4n) is 4.01. The summed E-state index contributed by atoms with van der Waals surface area (Å²) in [6, 6.07) is 15.8. The predicted molar refractivity (Wildman–Crippen MR) is 115 cm³/mol. The molecule has 2 heterocycles. The monoisotopic (exact) mass is 407 g/mol. The van der Waals surface area contributed by atoms with Gasteiger partial charge in [0.25, 0.3) is 5.91 Å². The van der Waals surface area contributed by atoms with Crippen LogP contribution in [0.15, 0.2) is 54.6 Å². The molecule has 0 saturated carbocycles. The van der Waals surface area contributed by atoms with Gasteiger partial charge < -0.3 is 10.2 Å². The first-order valence-electron chi connectivity index (χ1n) is 10.6. The van der Waals surface area contributed by atoms with E-state index in [1.165, 1.54) is 44.5 Å². The minimum Gasteiger partial charge on any atom is -0.345 e. The topological polar surface area (TPSA) is 51.4 Å². The molecular weight excluding hydrogens is 379 g/mol. The normalized spacial score (nSPS) is 14.6. The summed E-state index contributed by atoms with van der Waals surface area (Å²) in [6.07, 6.45) is 3.85. The molecule has 4 rings (SSSR count). The van der Waals surface area contributed by atoms with Crippen molar-refractivity contribution in [3.63, 3.8) is 0 Å². The Balaban J connectivity index is 1.57. The van der Waals surface area contributed by atoms with Crippen LogP contribution >= 0.6 is 0 Å². The Hall–Kier alpha value is -2.99. The minimum atomic E-state index is -0.296. The van der Waals surface area contributed by atoms with Gasteiger partial charge in [0, 0.05) is 5.56 Å². The molecule has 5 nitrogen and oxygen atoms in total. The van der Waals surface area contributed by atoms with Gasteiger partial charge in [-0.25, -0.2) is 9.07 Å². The third kappa shape index (κ3) is 4.76. The fraction of sp³-hybridized carbons (Fsp3) is 0.333. The van der Waals surface area contributed by atoms with E-state index in [1.54, 1.807) is 27.8 Å². The summed E-state index contributed by atoms with van der Waals surface area (Å²) in [4.78, 5) is 14.6. The number of carbonyl (C=O) groups is 1. The van der Waals surface area contributed by atoms with E-state index in [-0.39, 0.29) is 11.7 Å². The number of hydrogen-bond donors (Lipinski definition) is 2. The number of likely N-dealkylation sites (tertiary alicyclic amines) is 1. The highest BCUT2D eigenvalue weighted by Gasteiger charge is 2.19. The minimum absolute atomic E-state index is 0.145. The summed E-state index contributed by atoms with van der Waals surface area (Å²) in [5.41, 5.74) is 3.81. The van der Waals surface area contributed by atoms with Crippen molar-refractivity contribution in [3.05, 3.63) is 71.7 Å². The van der Waals surface area contributed by atoms with Crippen LogP contribution in [-0.2, 0) is 0 Å². The Bertz CT molecular complexity index is 1010. The number of nitrogens with one attached hydrogen (secondary N) is 2. The number of amides is 1. The summed E-state index contributed by atoms with van der Waals surface area (Å²) in [6.45, 7) is 5.96. The van der Waals surface area contributed by atoms with Gasteiger partial charge in [-0.3, -0.25) is 4.79 Å². The lowest BCUT2D eigenvalue weighted by molar-refractivity contribution is -0.903. The van der Waals surface area contributed by atoms with Crippen LogP contribution in [0.4, 0.5) is 4.39 Å². The van der Waals surface area contributed by atoms with E-state index >= 15 is 0 Å². The van der Waals surface area contributed by atoms with Gasteiger partial charge in [-0.2, -0.15) is 5.10 Å². The SMILES string of the molecule is Cc1cccc(-n2nc(-c3ccc(F)cc3)cc2C(=O)NCC[NH+]2CCCCC2)c1. The Kier molecular flexibility index (Phi) is 6.23. The van der Waals surface area contributed by atoms with Crippen LogP contribution in [0.3, 0.4) is 0 Å². The average molecular weight is 408 g/mol. The van der Waals surface area contributed by atoms with Gasteiger partial charge in [0.1, 0.15) is 11.5 Å². The van der Waals surface area contributed by atoms with Gasteiger partial charge >= 0.3 is 0 Å². The van der Waals surface area contributed by atoms with Gasteiger partial charge in [-0.05, 0) is 74.2 Å². The highest BCUT2D eigenvalue weighted by atomic mass is 19.1. The molecule has 0 aliphatic carbocycles. The smallest absolute Gasteiger partial charge is 0.270 e. The van der Waals surface area contributed by atoms with Crippen LogP contribution in [0.5, 0.6) is 0 Å². The molecule has 2 N–H and O–H groups in total. The lowest BCUT2D eigenvalue weighted by Crippen LogP contribution is -3.13. The van der Waals surface area contributed by atoms with Crippen LogP contribution in [0.2, 0.25) is 0 Å². The molecule has 0 bridgehead atoms. The molecule has 0 unspecified atom stereocenters. The number of nitrogens with zero attached hydrogens (tertiary/aromatic N) is 2. The van der Waals surface area contributed by atoms with E-state index in [1.807, 2.05) is 31.2 Å². The van der Waals surface area contributed by atoms with Crippen molar-refractivity contribution in [1.29, 1.82) is 0 Å². The molecule has 0 atom stereocenters. The van der Waals surface area contributed by atoms with E-state index < -0.39 is 0 Å². The first kappa shape index (κ1) is 20.3. The van der Waals surface area contributed by atoms with E-state index in [9.17, 15) is 9.18 Å². The largest absolute Gasteiger partial charge is 0.345 e. The maximum atomic E-state index is 13.3. The van der Waals surface area contributed by atoms with Crippen LogP contribution in [-0.4, -0.2) is 41.9 Å². The van der Waals surface area contributed by atoms with Crippen molar-refractivity contribution in [1.82, 2.24) is 15.1 Å². The standard InChI is InChI=1S/C24H27FN4O/c1-18-6-5-7-21(16-18)29-23(17-22(27-29)19-8-10-20(25)11-9-19)24(30)26-12-15-28-13-3-2-4-14-28/h5-11,16-17H,2-4,12-15H2,1H3,(H,26,30)/p+1. The van der Waals surface area contributed by atoms with Crippen molar-refractivity contribution in [2.24, 2.45) is 0 Å². The summed E-state index contributed by atoms with van der Waals surface area (Å²) in [7, 11) is 0. The second-order valence-electron chi connectivity index (χ2n) is 7.99. The van der Waals surface area contributed by atoms with Crippen LogP contribution < -0.4 is 10.2 Å². The number of aryl methyl sites for hydroxylation is 1. The molecule has 1 saturated heterocycles. The number of aromatic nitrogens is 2. The predicted octanol–water partition coefficient (Wildman–Crippen LogP) is 2.79. The molecule has 6 heteroatoms. The summed E-state index contributed by atoms with van der Waals surface area (Å²) in [5.74, 6) is -0.441. The summed E-state index contributed by atoms with van der Waals surface area (Å²) in [5, 5.41) is 7.73. The molecule has 2 aromatic carbocycles. The zero-order chi connectivity index (χ0) is 20.9. The molecule has 3 aromatic rings. The molecule has 0 spiro atoms. The second kappa shape index (κ2) is 9.22. The molecule has 156 valence electrons. The van der Waals surface area contributed by atoms with Gasteiger partial charge in [0.05, 0.1) is 37.6 Å². The number of benzene rings is 2. The van der Waals surface area contributed by atoms with Crippen LogP contribution in [0, 0.1) is 12.7 Å². The van der Waals surface area contributed by atoms with Crippen molar-refractivity contribution >= 4 is 5.91 Å². The van der Waals surface area contributed by atoms with E-state index in [0.717, 1.165) is 23.4 Å².